The summed E-state index contributed by atoms with van der Waals surface area (Å²) in [6.45, 7) is 8.42. The fourth-order valence-corrected chi connectivity index (χ4v) is 2.39. The molecule has 0 bridgehead atoms. The SMILES string of the molecule is CC(C)=CCCC(C)(O)[C@@H]1CC=C(C)CC1. The summed E-state index contributed by atoms with van der Waals surface area (Å²) < 4.78 is 0. The molecule has 0 fully saturated rings. The minimum Gasteiger partial charge on any atom is -0.390 e. The maximum Gasteiger partial charge on any atom is 0.0653 e. The van der Waals surface area contributed by atoms with Crippen molar-refractivity contribution in [1.29, 1.82) is 0 Å². The van der Waals surface area contributed by atoms with E-state index < -0.39 is 5.60 Å². The van der Waals surface area contributed by atoms with Crippen LogP contribution in [0.5, 0.6) is 0 Å². The average Bonchev–Trinajstić information content (AvgIpc) is 2.17. The first-order valence-corrected chi connectivity index (χ1v) is 6.43. The Morgan fingerprint density at radius 1 is 1.56 bits per heavy atom. The highest BCUT2D eigenvalue weighted by Gasteiger charge is 2.31. The van der Waals surface area contributed by atoms with Gasteiger partial charge in [-0.1, -0.05) is 23.3 Å². The first-order valence-electron chi connectivity index (χ1n) is 6.43. The van der Waals surface area contributed by atoms with Gasteiger partial charge in [-0.05, 0) is 65.7 Å². The molecule has 0 aromatic carbocycles. The molecular weight excluding hydrogens is 196 g/mol. The fourth-order valence-electron chi connectivity index (χ4n) is 2.39. The van der Waals surface area contributed by atoms with Crippen LogP contribution in [0.1, 0.15) is 59.8 Å². The second-order valence-electron chi connectivity index (χ2n) is 5.70. The third kappa shape index (κ3) is 4.13. The normalized spacial score (nSPS) is 24.6. The Morgan fingerprint density at radius 3 is 2.75 bits per heavy atom. The summed E-state index contributed by atoms with van der Waals surface area (Å²) in [5.41, 5.74) is 2.33. The third-order valence-electron chi connectivity index (χ3n) is 3.72. The lowest BCUT2D eigenvalue weighted by Gasteiger charge is -2.34. The van der Waals surface area contributed by atoms with E-state index in [1.54, 1.807) is 0 Å². The molecule has 92 valence electrons. The van der Waals surface area contributed by atoms with Crippen molar-refractivity contribution in [3.05, 3.63) is 23.3 Å². The molecule has 0 saturated carbocycles. The van der Waals surface area contributed by atoms with Gasteiger partial charge in [0, 0.05) is 0 Å². The summed E-state index contributed by atoms with van der Waals surface area (Å²) >= 11 is 0. The molecule has 0 radical (unpaired) electrons. The van der Waals surface area contributed by atoms with Crippen LogP contribution in [-0.4, -0.2) is 10.7 Å². The summed E-state index contributed by atoms with van der Waals surface area (Å²) in [5, 5.41) is 10.5. The number of allylic oxidation sites excluding steroid dienone is 4. The molecule has 1 heteroatoms. The molecule has 0 heterocycles. The second kappa shape index (κ2) is 5.67. The van der Waals surface area contributed by atoms with Crippen molar-refractivity contribution in [3.8, 4) is 0 Å². The Hall–Kier alpha value is -0.560. The average molecular weight is 222 g/mol. The van der Waals surface area contributed by atoms with Crippen LogP contribution >= 0.6 is 0 Å². The minimum atomic E-state index is -0.497. The predicted octanol–water partition coefficient (Wildman–Crippen LogP) is 4.23. The molecule has 1 nitrogen and oxygen atoms in total. The molecule has 0 aliphatic heterocycles. The minimum absolute atomic E-state index is 0.446. The van der Waals surface area contributed by atoms with Crippen LogP contribution < -0.4 is 0 Å². The molecule has 0 saturated heterocycles. The fraction of sp³-hybridized carbons (Fsp3) is 0.733. The molecule has 0 amide bonds. The molecule has 0 aromatic rings. The molecule has 2 atom stereocenters. The zero-order valence-electron chi connectivity index (χ0n) is 11.2. The Morgan fingerprint density at radius 2 is 2.25 bits per heavy atom. The van der Waals surface area contributed by atoms with Gasteiger partial charge in [-0.2, -0.15) is 0 Å². The largest absolute Gasteiger partial charge is 0.390 e. The van der Waals surface area contributed by atoms with Crippen molar-refractivity contribution >= 4 is 0 Å². The molecule has 1 N–H and O–H groups in total. The number of aliphatic hydroxyl groups is 1. The van der Waals surface area contributed by atoms with Crippen LogP contribution in [0.15, 0.2) is 23.3 Å². The Bertz CT molecular complexity index is 280. The zero-order chi connectivity index (χ0) is 12.2. The highest BCUT2D eigenvalue weighted by molar-refractivity contribution is 5.06. The van der Waals surface area contributed by atoms with Gasteiger partial charge < -0.3 is 5.11 Å². The molecular formula is C15H26O. The quantitative estimate of drug-likeness (QED) is 0.706. The highest BCUT2D eigenvalue weighted by Crippen LogP contribution is 2.34. The molecule has 0 spiro atoms. The van der Waals surface area contributed by atoms with Crippen molar-refractivity contribution in [1.82, 2.24) is 0 Å². The van der Waals surface area contributed by atoms with Gasteiger partial charge >= 0.3 is 0 Å². The maximum atomic E-state index is 10.5. The Labute approximate surface area is 100 Å². The van der Waals surface area contributed by atoms with E-state index in [2.05, 4.69) is 32.9 Å². The van der Waals surface area contributed by atoms with E-state index in [0.29, 0.717) is 5.92 Å². The van der Waals surface area contributed by atoms with E-state index in [9.17, 15) is 5.11 Å². The van der Waals surface area contributed by atoms with E-state index in [-0.39, 0.29) is 0 Å². The Balaban J connectivity index is 2.47. The molecule has 1 aliphatic rings. The van der Waals surface area contributed by atoms with Crippen molar-refractivity contribution in [2.45, 2.75) is 65.4 Å². The summed E-state index contributed by atoms with van der Waals surface area (Å²) in [6.07, 6.45) is 9.74. The summed E-state index contributed by atoms with van der Waals surface area (Å²) in [7, 11) is 0. The predicted molar refractivity (Wildman–Crippen MR) is 70.4 cm³/mol. The van der Waals surface area contributed by atoms with Gasteiger partial charge in [0.15, 0.2) is 0 Å². The Kier molecular flexibility index (Phi) is 4.79. The summed E-state index contributed by atoms with van der Waals surface area (Å²) in [4.78, 5) is 0. The topological polar surface area (TPSA) is 20.2 Å². The standard InChI is InChI=1S/C15H26O/c1-12(2)6-5-11-15(4,16)14-9-7-13(3)8-10-14/h6-7,14,16H,5,8-11H2,1-4H3/t14-,15?/m1/s1. The van der Waals surface area contributed by atoms with Gasteiger partial charge in [-0.3, -0.25) is 0 Å². The summed E-state index contributed by atoms with van der Waals surface area (Å²) in [6, 6.07) is 0. The zero-order valence-corrected chi connectivity index (χ0v) is 11.2. The van der Waals surface area contributed by atoms with E-state index in [0.717, 1.165) is 32.1 Å². The molecule has 1 aliphatic carbocycles. The van der Waals surface area contributed by atoms with Gasteiger partial charge in [0.1, 0.15) is 0 Å². The highest BCUT2D eigenvalue weighted by atomic mass is 16.3. The van der Waals surface area contributed by atoms with Crippen LogP contribution in [0.2, 0.25) is 0 Å². The van der Waals surface area contributed by atoms with Crippen molar-refractivity contribution in [3.63, 3.8) is 0 Å². The molecule has 1 rings (SSSR count). The smallest absolute Gasteiger partial charge is 0.0653 e. The van der Waals surface area contributed by atoms with E-state index in [4.69, 9.17) is 0 Å². The number of hydrogen-bond acceptors (Lipinski definition) is 1. The molecule has 0 aromatic heterocycles. The summed E-state index contributed by atoms with van der Waals surface area (Å²) in [5.74, 6) is 0.446. The van der Waals surface area contributed by atoms with Crippen molar-refractivity contribution in [2.75, 3.05) is 0 Å². The van der Waals surface area contributed by atoms with Crippen LogP contribution in [0, 0.1) is 5.92 Å². The molecule has 1 unspecified atom stereocenters. The first-order chi connectivity index (χ1) is 7.42. The number of rotatable bonds is 4. The lowest BCUT2D eigenvalue weighted by Crippen LogP contribution is -2.35. The molecule has 16 heavy (non-hydrogen) atoms. The van der Waals surface area contributed by atoms with E-state index in [1.807, 2.05) is 6.92 Å². The van der Waals surface area contributed by atoms with Crippen molar-refractivity contribution < 1.29 is 5.11 Å². The maximum absolute atomic E-state index is 10.5. The van der Waals surface area contributed by atoms with Crippen LogP contribution in [0.4, 0.5) is 0 Å². The van der Waals surface area contributed by atoms with Crippen LogP contribution in [0.25, 0.3) is 0 Å². The van der Waals surface area contributed by atoms with Crippen LogP contribution in [0.3, 0.4) is 0 Å². The lowest BCUT2D eigenvalue weighted by molar-refractivity contribution is -0.0122. The second-order valence-corrected chi connectivity index (χ2v) is 5.70. The first kappa shape index (κ1) is 13.5. The van der Waals surface area contributed by atoms with Gasteiger partial charge in [-0.25, -0.2) is 0 Å². The monoisotopic (exact) mass is 222 g/mol. The lowest BCUT2D eigenvalue weighted by atomic mass is 9.76. The number of hydrogen-bond donors (Lipinski definition) is 1. The van der Waals surface area contributed by atoms with Crippen molar-refractivity contribution in [2.24, 2.45) is 5.92 Å². The van der Waals surface area contributed by atoms with E-state index >= 15 is 0 Å². The van der Waals surface area contributed by atoms with Gasteiger partial charge in [0.2, 0.25) is 0 Å². The van der Waals surface area contributed by atoms with Gasteiger partial charge in [0.05, 0.1) is 5.60 Å². The van der Waals surface area contributed by atoms with Gasteiger partial charge in [-0.15, -0.1) is 0 Å². The van der Waals surface area contributed by atoms with Gasteiger partial charge in [0.25, 0.3) is 0 Å². The van der Waals surface area contributed by atoms with Crippen LogP contribution in [-0.2, 0) is 0 Å². The third-order valence-corrected chi connectivity index (χ3v) is 3.72. The van der Waals surface area contributed by atoms with E-state index in [1.165, 1.54) is 11.1 Å².